The first-order valence-electron chi connectivity index (χ1n) is 11.2. The summed E-state index contributed by atoms with van der Waals surface area (Å²) in [5, 5.41) is 8.28. The van der Waals surface area contributed by atoms with Gasteiger partial charge in [0.1, 0.15) is 17.2 Å². The molecule has 1 aliphatic heterocycles. The minimum Gasteiger partial charge on any atom is -0.354 e. The third kappa shape index (κ3) is 5.50. The fraction of sp³-hybridized carbons (Fsp3) is 0.304. The highest BCUT2D eigenvalue weighted by molar-refractivity contribution is 6.35. The number of aromatic nitrogens is 6. The lowest BCUT2D eigenvalue weighted by molar-refractivity contribution is 0.311. The summed E-state index contributed by atoms with van der Waals surface area (Å²) in [7, 11) is 2.11. The van der Waals surface area contributed by atoms with Crippen LogP contribution in [-0.2, 0) is 6.42 Å². The molecule has 1 fully saturated rings. The zero-order valence-corrected chi connectivity index (χ0v) is 20.8. The number of hydrogen-bond acceptors (Lipinski definition) is 10. The van der Waals surface area contributed by atoms with Gasteiger partial charge in [-0.25, -0.2) is 9.97 Å². The molecule has 1 N–H and O–H groups in total. The minimum absolute atomic E-state index is 0.337. The molecule has 0 aliphatic carbocycles. The van der Waals surface area contributed by atoms with Crippen molar-refractivity contribution in [1.82, 2.24) is 35.0 Å². The zero-order chi connectivity index (χ0) is 24.4. The molecule has 10 nitrogen and oxygen atoms in total. The van der Waals surface area contributed by atoms with E-state index in [9.17, 15) is 0 Å². The van der Waals surface area contributed by atoms with Gasteiger partial charge in [-0.3, -0.25) is 5.32 Å². The topological polar surface area (TPSA) is 109 Å². The standard InChI is InChI=1S/C23H23Cl2N9O/c1-3-20-28-22(31-23(29-20)34-8-6-33(2)7-9-34)30-21-26-5-4-17(27-21)19-13-18(32-35-19)14-10-15(24)12-16(25)11-14/h4-5,10-13H,3,6-9H2,1-2H3,(H,26,27,28,29,30,31). The molecule has 180 valence electrons. The van der Waals surface area contributed by atoms with E-state index in [2.05, 4.69) is 52.2 Å². The number of piperazine rings is 1. The Hall–Kier alpha value is -3.34. The van der Waals surface area contributed by atoms with Gasteiger partial charge >= 0.3 is 0 Å². The largest absolute Gasteiger partial charge is 0.354 e. The lowest BCUT2D eigenvalue weighted by atomic mass is 10.1. The first-order valence-corrected chi connectivity index (χ1v) is 11.9. The van der Waals surface area contributed by atoms with Crippen LogP contribution in [0, 0.1) is 0 Å². The zero-order valence-electron chi connectivity index (χ0n) is 19.2. The normalized spacial score (nSPS) is 14.3. The minimum atomic E-state index is 0.337. The Morgan fingerprint density at radius 1 is 0.914 bits per heavy atom. The predicted molar refractivity (Wildman–Crippen MR) is 135 cm³/mol. The van der Waals surface area contributed by atoms with E-state index in [1.165, 1.54) is 0 Å². The molecule has 35 heavy (non-hydrogen) atoms. The van der Waals surface area contributed by atoms with Crippen LogP contribution in [0.3, 0.4) is 0 Å². The van der Waals surface area contributed by atoms with E-state index in [4.69, 9.17) is 27.7 Å². The molecule has 1 aromatic carbocycles. The second-order valence-electron chi connectivity index (χ2n) is 8.14. The van der Waals surface area contributed by atoms with Gasteiger partial charge < -0.3 is 14.3 Å². The number of anilines is 3. The Labute approximate surface area is 212 Å². The summed E-state index contributed by atoms with van der Waals surface area (Å²) in [6, 6.07) is 8.72. The molecule has 1 saturated heterocycles. The lowest BCUT2D eigenvalue weighted by Crippen LogP contribution is -2.45. The maximum absolute atomic E-state index is 6.12. The summed E-state index contributed by atoms with van der Waals surface area (Å²) in [6.07, 6.45) is 2.32. The second kappa shape index (κ2) is 10.1. The quantitative estimate of drug-likeness (QED) is 0.401. The van der Waals surface area contributed by atoms with Gasteiger partial charge in [-0.2, -0.15) is 15.0 Å². The number of nitrogens with one attached hydrogen (secondary N) is 1. The molecular weight excluding hydrogens is 489 g/mol. The van der Waals surface area contributed by atoms with E-state index < -0.39 is 0 Å². The molecule has 1 aliphatic rings. The van der Waals surface area contributed by atoms with Gasteiger partial charge in [0.05, 0.1) is 0 Å². The van der Waals surface area contributed by atoms with Crippen LogP contribution in [0.5, 0.6) is 0 Å². The van der Waals surface area contributed by atoms with Crippen molar-refractivity contribution in [3.05, 3.63) is 52.4 Å². The predicted octanol–water partition coefficient (Wildman–Crippen LogP) is 4.35. The molecule has 0 bridgehead atoms. The first kappa shape index (κ1) is 23.4. The number of likely N-dealkylation sites (N-methyl/N-ethyl adjacent to an activating group) is 1. The van der Waals surface area contributed by atoms with Crippen LogP contribution in [0.4, 0.5) is 17.8 Å². The van der Waals surface area contributed by atoms with Crippen molar-refractivity contribution in [3.63, 3.8) is 0 Å². The molecule has 5 rings (SSSR count). The third-order valence-electron chi connectivity index (χ3n) is 5.57. The third-order valence-corrected chi connectivity index (χ3v) is 6.01. The van der Waals surface area contributed by atoms with Gasteiger partial charge in [0.25, 0.3) is 0 Å². The second-order valence-corrected chi connectivity index (χ2v) is 9.02. The van der Waals surface area contributed by atoms with E-state index in [-0.39, 0.29) is 0 Å². The fourth-order valence-corrected chi connectivity index (χ4v) is 4.19. The average molecular weight is 512 g/mol. The molecule has 12 heteroatoms. The monoisotopic (exact) mass is 511 g/mol. The highest BCUT2D eigenvalue weighted by Crippen LogP contribution is 2.29. The van der Waals surface area contributed by atoms with Crippen LogP contribution < -0.4 is 10.2 Å². The van der Waals surface area contributed by atoms with Crippen LogP contribution in [0.2, 0.25) is 10.0 Å². The molecule has 3 aromatic heterocycles. The van der Waals surface area contributed by atoms with Gasteiger partial charge in [0.15, 0.2) is 5.76 Å². The SMILES string of the molecule is CCc1nc(Nc2nccc(-c3cc(-c4cc(Cl)cc(Cl)c4)no3)n2)nc(N2CCN(C)CC2)n1. The molecule has 0 saturated carbocycles. The van der Waals surface area contributed by atoms with E-state index in [0.717, 1.165) is 31.7 Å². The van der Waals surface area contributed by atoms with E-state index in [0.29, 0.717) is 57.3 Å². The molecule has 0 radical (unpaired) electrons. The number of halogens is 2. The average Bonchev–Trinajstić information content (AvgIpc) is 3.34. The van der Waals surface area contributed by atoms with Gasteiger partial charge in [0, 0.05) is 60.5 Å². The van der Waals surface area contributed by atoms with Crippen LogP contribution in [-0.4, -0.2) is 68.2 Å². The van der Waals surface area contributed by atoms with Crippen LogP contribution in [0.1, 0.15) is 12.7 Å². The van der Waals surface area contributed by atoms with Crippen LogP contribution >= 0.6 is 23.2 Å². The highest BCUT2D eigenvalue weighted by atomic mass is 35.5. The van der Waals surface area contributed by atoms with Crippen LogP contribution in [0.25, 0.3) is 22.7 Å². The summed E-state index contributed by atoms with van der Waals surface area (Å²) in [4.78, 5) is 27.1. The summed E-state index contributed by atoms with van der Waals surface area (Å²) in [5.74, 6) is 2.57. The first-order chi connectivity index (χ1) is 17.0. The lowest BCUT2D eigenvalue weighted by Gasteiger charge is -2.32. The molecule has 4 heterocycles. The van der Waals surface area contributed by atoms with Crippen molar-refractivity contribution < 1.29 is 4.52 Å². The Morgan fingerprint density at radius 3 is 2.43 bits per heavy atom. The van der Waals surface area contributed by atoms with Gasteiger partial charge in [-0.1, -0.05) is 35.3 Å². The maximum atomic E-state index is 6.12. The number of hydrogen-bond donors (Lipinski definition) is 1. The Morgan fingerprint density at radius 2 is 1.69 bits per heavy atom. The molecular formula is C23H23Cl2N9O. The summed E-state index contributed by atoms with van der Waals surface area (Å²) < 4.78 is 5.53. The number of nitrogens with zero attached hydrogens (tertiary/aromatic N) is 8. The van der Waals surface area contributed by atoms with Crippen LogP contribution in [0.15, 0.2) is 41.1 Å². The smallest absolute Gasteiger partial charge is 0.234 e. The maximum Gasteiger partial charge on any atom is 0.234 e. The molecule has 0 amide bonds. The number of rotatable bonds is 6. The summed E-state index contributed by atoms with van der Waals surface area (Å²) >= 11 is 12.2. The van der Waals surface area contributed by atoms with Crippen molar-refractivity contribution in [2.24, 2.45) is 0 Å². The summed E-state index contributed by atoms with van der Waals surface area (Å²) in [6.45, 7) is 5.66. The Bertz CT molecular complexity index is 1320. The van der Waals surface area contributed by atoms with E-state index >= 15 is 0 Å². The molecule has 0 spiro atoms. The van der Waals surface area contributed by atoms with Crippen molar-refractivity contribution >= 4 is 41.0 Å². The van der Waals surface area contributed by atoms with Crippen molar-refractivity contribution in [2.75, 3.05) is 43.4 Å². The van der Waals surface area contributed by atoms with E-state index in [1.54, 1.807) is 36.5 Å². The van der Waals surface area contributed by atoms with Crippen molar-refractivity contribution in [2.45, 2.75) is 13.3 Å². The molecule has 0 atom stereocenters. The fourth-order valence-electron chi connectivity index (χ4n) is 3.66. The van der Waals surface area contributed by atoms with Gasteiger partial charge in [0.2, 0.25) is 17.8 Å². The van der Waals surface area contributed by atoms with Gasteiger partial charge in [-0.15, -0.1) is 0 Å². The highest BCUT2D eigenvalue weighted by Gasteiger charge is 2.19. The molecule has 0 unspecified atom stereocenters. The Kier molecular flexibility index (Phi) is 6.76. The number of benzene rings is 1. The summed E-state index contributed by atoms with van der Waals surface area (Å²) in [5.41, 5.74) is 1.90. The van der Waals surface area contributed by atoms with Crippen molar-refractivity contribution in [3.8, 4) is 22.7 Å². The Balaban J connectivity index is 1.38. The number of aryl methyl sites for hydroxylation is 1. The van der Waals surface area contributed by atoms with Crippen molar-refractivity contribution in [1.29, 1.82) is 0 Å². The molecule has 4 aromatic rings. The van der Waals surface area contributed by atoms with Gasteiger partial charge in [-0.05, 0) is 31.3 Å². The van der Waals surface area contributed by atoms with E-state index in [1.807, 2.05) is 6.92 Å².